The number of benzene rings is 1. The predicted molar refractivity (Wildman–Crippen MR) is 85.7 cm³/mol. The number of halogens is 1. The smallest absolute Gasteiger partial charge is 0.240 e. The number of nitrogens with one attached hydrogen (secondary N) is 2. The van der Waals surface area contributed by atoms with Gasteiger partial charge in [0.15, 0.2) is 0 Å². The molecule has 0 radical (unpaired) electrons. The average Bonchev–Trinajstić information content (AvgIpc) is 2.97. The highest BCUT2D eigenvalue weighted by Crippen LogP contribution is 2.16. The van der Waals surface area contributed by atoms with Crippen molar-refractivity contribution in [3.63, 3.8) is 0 Å². The zero-order valence-corrected chi connectivity index (χ0v) is 13.8. The van der Waals surface area contributed by atoms with E-state index in [1.807, 2.05) is 6.92 Å². The lowest BCUT2D eigenvalue weighted by Gasteiger charge is -2.12. The molecular weight excluding hydrogens is 312 g/mol. The zero-order chi connectivity index (χ0) is 14.4. The minimum atomic E-state index is -3.43. The van der Waals surface area contributed by atoms with Crippen molar-refractivity contribution in [3.05, 3.63) is 24.3 Å². The highest BCUT2D eigenvalue weighted by atomic mass is 35.5. The third-order valence-electron chi connectivity index (χ3n) is 3.29. The van der Waals surface area contributed by atoms with E-state index in [9.17, 15) is 8.42 Å². The molecule has 1 saturated heterocycles. The van der Waals surface area contributed by atoms with Gasteiger partial charge in [-0.2, -0.15) is 0 Å². The molecule has 1 unspecified atom stereocenters. The molecule has 0 saturated carbocycles. The Hall–Kier alpha value is -0.820. The molecule has 21 heavy (non-hydrogen) atoms. The lowest BCUT2D eigenvalue weighted by Crippen LogP contribution is -2.37. The van der Waals surface area contributed by atoms with E-state index in [1.165, 1.54) is 0 Å². The van der Waals surface area contributed by atoms with Gasteiger partial charge in [-0.3, -0.25) is 0 Å². The molecule has 0 aromatic heterocycles. The molecule has 0 amide bonds. The van der Waals surface area contributed by atoms with Crippen LogP contribution in [0.5, 0.6) is 5.75 Å². The van der Waals surface area contributed by atoms with E-state index in [-0.39, 0.29) is 23.3 Å². The highest BCUT2D eigenvalue weighted by Gasteiger charge is 2.19. The summed E-state index contributed by atoms with van der Waals surface area (Å²) in [7, 11) is -3.43. The van der Waals surface area contributed by atoms with Gasteiger partial charge < -0.3 is 10.1 Å². The third kappa shape index (κ3) is 5.47. The second-order valence-electron chi connectivity index (χ2n) is 4.97. The zero-order valence-electron chi connectivity index (χ0n) is 12.2. The summed E-state index contributed by atoms with van der Waals surface area (Å²) in [5.41, 5.74) is 0. The molecule has 1 fully saturated rings. The number of hydrogen-bond acceptors (Lipinski definition) is 4. The third-order valence-corrected chi connectivity index (χ3v) is 4.73. The minimum absolute atomic E-state index is 0. The van der Waals surface area contributed by atoms with Gasteiger partial charge in [0.25, 0.3) is 0 Å². The molecule has 1 heterocycles. The molecule has 0 bridgehead atoms. The monoisotopic (exact) mass is 334 g/mol. The van der Waals surface area contributed by atoms with Crippen LogP contribution >= 0.6 is 12.4 Å². The van der Waals surface area contributed by atoms with E-state index in [0.717, 1.165) is 25.8 Å². The largest absolute Gasteiger partial charge is 0.494 e. The van der Waals surface area contributed by atoms with E-state index in [2.05, 4.69) is 10.0 Å². The van der Waals surface area contributed by atoms with Crippen molar-refractivity contribution in [1.82, 2.24) is 10.0 Å². The maximum absolute atomic E-state index is 12.1. The van der Waals surface area contributed by atoms with Gasteiger partial charge in [0.1, 0.15) is 5.75 Å². The van der Waals surface area contributed by atoms with Crippen molar-refractivity contribution >= 4 is 22.4 Å². The average molecular weight is 335 g/mol. The normalized spacial score (nSPS) is 18.2. The Bertz CT molecular complexity index is 514. The van der Waals surface area contributed by atoms with E-state index in [0.29, 0.717) is 18.9 Å². The number of ether oxygens (including phenoxy) is 1. The Labute approximate surface area is 132 Å². The molecule has 1 aromatic carbocycles. The summed E-state index contributed by atoms with van der Waals surface area (Å²) in [6, 6.07) is 6.79. The van der Waals surface area contributed by atoms with Crippen molar-refractivity contribution in [2.24, 2.45) is 0 Å². The Morgan fingerprint density at radius 2 is 2.05 bits per heavy atom. The number of sulfonamides is 1. The summed E-state index contributed by atoms with van der Waals surface area (Å²) in [6.45, 7) is 4.07. The van der Waals surface area contributed by atoms with Gasteiger partial charge in [-0.05, 0) is 50.1 Å². The van der Waals surface area contributed by atoms with Crippen LogP contribution in [0.15, 0.2) is 29.2 Å². The molecule has 120 valence electrons. The summed E-state index contributed by atoms with van der Waals surface area (Å²) in [5, 5.41) is 3.27. The van der Waals surface area contributed by atoms with Crippen LogP contribution in [0.4, 0.5) is 0 Å². The number of rotatable bonds is 7. The fourth-order valence-electron chi connectivity index (χ4n) is 2.16. The van der Waals surface area contributed by atoms with Gasteiger partial charge in [-0.25, -0.2) is 13.1 Å². The van der Waals surface area contributed by atoms with Crippen molar-refractivity contribution in [1.29, 1.82) is 0 Å². The maximum Gasteiger partial charge on any atom is 0.240 e. The van der Waals surface area contributed by atoms with E-state index in [4.69, 9.17) is 4.74 Å². The lowest BCUT2D eigenvalue weighted by atomic mass is 10.2. The molecule has 0 aliphatic carbocycles. The van der Waals surface area contributed by atoms with Crippen LogP contribution < -0.4 is 14.8 Å². The fourth-order valence-corrected chi connectivity index (χ4v) is 3.24. The van der Waals surface area contributed by atoms with Crippen LogP contribution in [0.25, 0.3) is 0 Å². The molecule has 7 heteroatoms. The number of hydrogen-bond donors (Lipinski definition) is 2. The Morgan fingerprint density at radius 1 is 1.33 bits per heavy atom. The molecule has 1 aromatic rings. The molecule has 2 rings (SSSR count). The van der Waals surface area contributed by atoms with E-state index in [1.54, 1.807) is 24.3 Å². The van der Waals surface area contributed by atoms with Gasteiger partial charge in [-0.15, -0.1) is 12.4 Å². The molecule has 0 spiro atoms. The summed E-state index contributed by atoms with van der Waals surface area (Å²) >= 11 is 0. The van der Waals surface area contributed by atoms with Crippen LogP contribution in [-0.4, -0.2) is 34.2 Å². The van der Waals surface area contributed by atoms with Crippen LogP contribution in [0, 0.1) is 0 Å². The summed E-state index contributed by atoms with van der Waals surface area (Å²) < 4.78 is 32.4. The lowest BCUT2D eigenvalue weighted by molar-refractivity contribution is 0.317. The summed E-state index contributed by atoms with van der Waals surface area (Å²) in [4.78, 5) is 0.277. The summed E-state index contributed by atoms with van der Waals surface area (Å²) in [5.74, 6) is 0.697. The highest BCUT2D eigenvalue weighted by molar-refractivity contribution is 7.89. The fraction of sp³-hybridized carbons (Fsp3) is 0.571. The first-order chi connectivity index (χ1) is 9.62. The van der Waals surface area contributed by atoms with Crippen molar-refractivity contribution in [2.75, 3.05) is 19.7 Å². The first-order valence-electron chi connectivity index (χ1n) is 7.08. The first kappa shape index (κ1) is 18.2. The molecule has 2 N–H and O–H groups in total. The second kappa shape index (κ2) is 8.58. The van der Waals surface area contributed by atoms with Gasteiger partial charge in [-0.1, -0.05) is 6.92 Å². The molecule has 1 atom stereocenters. The van der Waals surface area contributed by atoms with Crippen LogP contribution in [0.2, 0.25) is 0 Å². The van der Waals surface area contributed by atoms with Crippen LogP contribution in [-0.2, 0) is 10.0 Å². The van der Waals surface area contributed by atoms with Gasteiger partial charge >= 0.3 is 0 Å². The van der Waals surface area contributed by atoms with Gasteiger partial charge in [0.2, 0.25) is 10.0 Å². The van der Waals surface area contributed by atoms with Crippen LogP contribution in [0.3, 0.4) is 0 Å². The standard InChI is InChI=1S/C14H22N2O3S.ClH/c1-2-10-19-13-5-7-14(8-6-13)20(17,18)16-11-12-4-3-9-15-12;/h5-8,12,15-16H,2-4,9-11H2,1H3;1H. The van der Waals surface area contributed by atoms with E-state index >= 15 is 0 Å². The quantitative estimate of drug-likeness (QED) is 0.799. The summed E-state index contributed by atoms with van der Waals surface area (Å²) in [6.07, 6.45) is 3.05. The predicted octanol–water partition coefficient (Wildman–Crippen LogP) is 1.93. The van der Waals surface area contributed by atoms with Crippen molar-refractivity contribution in [3.8, 4) is 5.75 Å². The SMILES string of the molecule is CCCOc1ccc(S(=O)(=O)NCC2CCCN2)cc1.Cl. The second-order valence-corrected chi connectivity index (χ2v) is 6.73. The Morgan fingerprint density at radius 3 is 2.62 bits per heavy atom. The Kier molecular flexibility index (Phi) is 7.45. The van der Waals surface area contributed by atoms with Gasteiger partial charge in [0.05, 0.1) is 11.5 Å². The first-order valence-corrected chi connectivity index (χ1v) is 8.56. The topological polar surface area (TPSA) is 67.4 Å². The van der Waals surface area contributed by atoms with E-state index < -0.39 is 10.0 Å². The van der Waals surface area contributed by atoms with Crippen molar-refractivity contribution in [2.45, 2.75) is 37.1 Å². The Balaban J connectivity index is 0.00000220. The maximum atomic E-state index is 12.1. The molecule has 5 nitrogen and oxygen atoms in total. The van der Waals surface area contributed by atoms with Gasteiger partial charge in [0, 0.05) is 12.6 Å². The van der Waals surface area contributed by atoms with Crippen LogP contribution in [0.1, 0.15) is 26.2 Å². The molecule has 1 aliphatic rings. The van der Waals surface area contributed by atoms with Crippen molar-refractivity contribution < 1.29 is 13.2 Å². The molecular formula is C14H23ClN2O3S. The minimum Gasteiger partial charge on any atom is -0.494 e. The molecule has 1 aliphatic heterocycles.